The lowest BCUT2D eigenvalue weighted by Gasteiger charge is -2.34. The normalized spacial score (nSPS) is 15.6. The molecule has 0 spiro atoms. The van der Waals surface area contributed by atoms with Gasteiger partial charge in [-0.2, -0.15) is 0 Å². The minimum Gasteiger partial charge on any atom is -0.398 e. The van der Waals surface area contributed by atoms with E-state index in [1.807, 2.05) is 42.5 Å². The average molecular weight is 400 g/mol. The molecule has 3 aromatic rings. The Morgan fingerprint density at radius 3 is 2.40 bits per heavy atom. The predicted molar refractivity (Wildman–Crippen MR) is 122 cm³/mol. The molecule has 30 heavy (non-hydrogen) atoms. The van der Waals surface area contributed by atoms with Gasteiger partial charge in [-0.1, -0.05) is 37.3 Å². The molecule has 2 aromatic carbocycles. The van der Waals surface area contributed by atoms with Crippen LogP contribution in [0.1, 0.15) is 41.3 Å². The van der Waals surface area contributed by atoms with Crippen LogP contribution in [-0.4, -0.2) is 23.9 Å². The molecule has 4 heteroatoms. The van der Waals surface area contributed by atoms with Crippen LogP contribution < -0.4 is 11.1 Å². The average Bonchev–Trinajstić information content (AvgIpc) is 2.76. The van der Waals surface area contributed by atoms with Crippen LogP contribution in [0.5, 0.6) is 0 Å². The van der Waals surface area contributed by atoms with Crippen molar-refractivity contribution in [3.63, 3.8) is 0 Å². The molecule has 2 heterocycles. The predicted octanol–water partition coefficient (Wildman–Crippen LogP) is 4.69. The van der Waals surface area contributed by atoms with Crippen LogP contribution >= 0.6 is 0 Å². The smallest absolute Gasteiger partial charge is 0.167 e. The molecule has 0 aliphatic carbocycles. The molecule has 3 N–H and O–H groups in total. The van der Waals surface area contributed by atoms with Crippen molar-refractivity contribution in [2.45, 2.75) is 32.6 Å². The molecule has 0 unspecified atom stereocenters. The second kappa shape index (κ2) is 8.80. The summed E-state index contributed by atoms with van der Waals surface area (Å²) in [5.41, 5.74) is 12.2. The van der Waals surface area contributed by atoms with Gasteiger partial charge in [0.2, 0.25) is 0 Å². The maximum Gasteiger partial charge on any atom is 0.167 e. The van der Waals surface area contributed by atoms with Gasteiger partial charge in [-0.05, 0) is 84.3 Å². The number of pyridine rings is 1. The number of carbonyl (C=O) groups is 1. The van der Waals surface area contributed by atoms with Crippen molar-refractivity contribution in [3.05, 3.63) is 83.7 Å². The van der Waals surface area contributed by atoms with Crippen LogP contribution in [0.25, 0.3) is 11.1 Å². The third-order valence-corrected chi connectivity index (χ3v) is 6.23. The molecule has 1 aromatic heterocycles. The third-order valence-electron chi connectivity index (χ3n) is 6.23. The lowest BCUT2D eigenvalue weighted by atomic mass is 9.76. The SMILES string of the molecule is CC1(Cc2ccc(C(=O)Cc3cc(-c4ccncc4)ccc3N)cc2)CCNCC1. The Kier molecular flexibility index (Phi) is 5.96. The van der Waals surface area contributed by atoms with E-state index in [0.29, 0.717) is 17.5 Å². The number of rotatable bonds is 6. The zero-order valence-corrected chi connectivity index (χ0v) is 17.5. The highest BCUT2D eigenvalue weighted by atomic mass is 16.1. The molecular formula is C26H29N3O. The fourth-order valence-corrected chi connectivity index (χ4v) is 4.27. The van der Waals surface area contributed by atoms with E-state index in [4.69, 9.17) is 5.73 Å². The van der Waals surface area contributed by atoms with Crippen LogP contribution in [0.15, 0.2) is 67.0 Å². The zero-order chi connectivity index (χ0) is 21.0. The van der Waals surface area contributed by atoms with E-state index in [9.17, 15) is 4.79 Å². The number of nitrogens with zero attached hydrogens (tertiary/aromatic N) is 1. The second-order valence-electron chi connectivity index (χ2n) is 8.68. The van der Waals surface area contributed by atoms with Crippen molar-refractivity contribution in [2.24, 2.45) is 5.41 Å². The number of carbonyl (C=O) groups excluding carboxylic acids is 1. The summed E-state index contributed by atoms with van der Waals surface area (Å²) >= 11 is 0. The molecule has 0 saturated carbocycles. The number of hydrogen-bond donors (Lipinski definition) is 2. The first-order valence-corrected chi connectivity index (χ1v) is 10.6. The summed E-state index contributed by atoms with van der Waals surface area (Å²) in [5.74, 6) is 0.0909. The summed E-state index contributed by atoms with van der Waals surface area (Å²) in [7, 11) is 0. The molecule has 4 nitrogen and oxygen atoms in total. The van der Waals surface area contributed by atoms with Gasteiger partial charge in [-0.15, -0.1) is 0 Å². The first-order valence-electron chi connectivity index (χ1n) is 10.6. The van der Waals surface area contributed by atoms with Crippen molar-refractivity contribution >= 4 is 11.5 Å². The number of hydrogen-bond acceptors (Lipinski definition) is 4. The second-order valence-corrected chi connectivity index (χ2v) is 8.68. The monoisotopic (exact) mass is 399 g/mol. The Balaban J connectivity index is 1.46. The highest BCUT2D eigenvalue weighted by Crippen LogP contribution is 2.32. The Bertz CT molecular complexity index is 1010. The Hall–Kier alpha value is -2.98. The molecule has 1 aliphatic heterocycles. The number of ketones is 1. The van der Waals surface area contributed by atoms with E-state index in [-0.39, 0.29) is 5.78 Å². The molecule has 154 valence electrons. The highest BCUT2D eigenvalue weighted by Gasteiger charge is 2.26. The van der Waals surface area contributed by atoms with E-state index in [0.717, 1.165) is 41.8 Å². The van der Waals surface area contributed by atoms with Crippen molar-refractivity contribution in [1.29, 1.82) is 0 Å². The van der Waals surface area contributed by atoms with Crippen LogP contribution in [0.4, 0.5) is 5.69 Å². The summed E-state index contributed by atoms with van der Waals surface area (Å²) in [4.78, 5) is 17.0. The summed E-state index contributed by atoms with van der Waals surface area (Å²) in [6.07, 6.45) is 7.28. The van der Waals surface area contributed by atoms with E-state index in [2.05, 4.69) is 29.4 Å². The number of benzene rings is 2. The molecule has 0 bridgehead atoms. The number of piperidine rings is 1. The van der Waals surface area contributed by atoms with Crippen LogP contribution in [0.2, 0.25) is 0 Å². The van der Waals surface area contributed by atoms with Crippen molar-refractivity contribution in [2.75, 3.05) is 18.8 Å². The first kappa shape index (κ1) is 20.3. The molecule has 1 aliphatic rings. The number of Topliss-reactive ketones (excluding diaryl/α,β-unsaturated/α-hetero) is 1. The van der Waals surface area contributed by atoms with Gasteiger partial charge in [0.15, 0.2) is 5.78 Å². The molecular weight excluding hydrogens is 370 g/mol. The molecule has 0 atom stereocenters. The Labute approximate surface area is 178 Å². The van der Waals surface area contributed by atoms with E-state index in [1.165, 1.54) is 18.4 Å². The van der Waals surface area contributed by atoms with Crippen LogP contribution in [0, 0.1) is 5.41 Å². The van der Waals surface area contributed by atoms with Crippen molar-refractivity contribution in [1.82, 2.24) is 10.3 Å². The summed E-state index contributed by atoms with van der Waals surface area (Å²) in [6.45, 7) is 4.55. The Morgan fingerprint density at radius 1 is 1.00 bits per heavy atom. The summed E-state index contributed by atoms with van der Waals surface area (Å²) in [5, 5.41) is 3.43. The van der Waals surface area contributed by atoms with Gasteiger partial charge in [-0.3, -0.25) is 9.78 Å². The van der Waals surface area contributed by atoms with Gasteiger partial charge in [0.25, 0.3) is 0 Å². The number of aromatic nitrogens is 1. The highest BCUT2D eigenvalue weighted by molar-refractivity contribution is 5.98. The van der Waals surface area contributed by atoms with Gasteiger partial charge < -0.3 is 11.1 Å². The zero-order valence-electron chi connectivity index (χ0n) is 17.5. The van der Waals surface area contributed by atoms with E-state index in [1.54, 1.807) is 12.4 Å². The van der Waals surface area contributed by atoms with Gasteiger partial charge in [0, 0.05) is 30.1 Å². The minimum atomic E-state index is 0.0909. The first-order chi connectivity index (χ1) is 14.5. The minimum absolute atomic E-state index is 0.0909. The molecule has 1 fully saturated rings. The quantitative estimate of drug-likeness (QED) is 0.466. The number of anilines is 1. The maximum atomic E-state index is 12.9. The fraction of sp³-hybridized carbons (Fsp3) is 0.308. The third kappa shape index (κ3) is 4.77. The van der Waals surface area contributed by atoms with Crippen LogP contribution in [-0.2, 0) is 12.8 Å². The topological polar surface area (TPSA) is 68.0 Å². The molecule has 1 saturated heterocycles. The van der Waals surface area contributed by atoms with Gasteiger partial charge in [0.05, 0.1) is 0 Å². The lowest BCUT2D eigenvalue weighted by Crippen LogP contribution is -2.36. The largest absolute Gasteiger partial charge is 0.398 e. The fourth-order valence-electron chi connectivity index (χ4n) is 4.27. The van der Waals surface area contributed by atoms with Gasteiger partial charge >= 0.3 is 0 Å². The van der Waals surface area contributed by atoms with E-state index >= 15 is 0 Å². The van der Waals surface area contributed by atoms with E-state index < -0.39 is 0 Å². The van der Waals surface area contributed by atoms with Gasteiger partial charge in [-0.25, -0.2) is 0 Å². The number of nitrogen functional groups attached to an aromatic ring is 1. The summed E-state index contributed by atoms with van der Waals surface area (Å²) < 4.78 is 0. The lowest BCUT2D eigenvalue weighted by molar-refractivity contribution is 0.0993. The molecule has 0 radical (unpaired) electrons. The van der Waals surface area contributed by atoms with Gasteiger partial charge in [0.1, 0.15) is 0 Å². The van der Waals surface area contributed by atoms with Crippen molar-refractivity contribution in [3.8, 4) is 11.1 Å². The molecule has 4 rings (SSSR count). The standard InChI is InChI=1S/C26H29N3O/c1-26(10-14-29-15-11-26)18-19-2-4-21(5-3-19)25(30)17-23-16-22(6-7-24(23)27)20-8-12-28-13-9-20/h2-9,12-13,16,29H,10-11,14-15,17-18,27H2,1H3. The summed E-state index contributed by atoms with van der Waals surface area (Å²) in [6, 6.07) is 17.9. The number of nitrogens with two attached hydrogens (primary N) is 1. The maximum absolute atomic E-state index is 12.9. The number of nitrogens with one attached hydrogen (secondary N) is 1. The van der Waals surface area contributed by atoms with Crippen molar-refractivity contribution < 1.29 is 4.79 Å². The van der Waals surface area contributed by atoms with Crippen LogP contribution in [0.3, 0.4) is 0 Å². The molecule has 0 amide bonds. The Morgan fingerprint density at radius 2 is 1.70 bits per heavy atom.